The summed E-state index contributed by atoms with van der Waals surface area (Å²) in [4.78, 5) is 34.0. The van der Waals surface area contributed by atoms with Crippen molar-refractivity contribution < 1.29 is 24.2 Å². The molecule has 7 nitrogen and oxygen atoms in total. The van der Waals surface area contributed by atoms with Gasteiger partial charge in [0, 0.05) is 6.54 Å². The molecule has 96 valence electrons. The van der Waals surface area contributed by atoms with Crippen LogP contribution in [0.25, 0.3) is 0 Å². The highest BCUT2D eigenvalue weighted by Gasteiger charge is 2.14. The molecular formula is C10H16N2O5. The fourth-order valence-electron chi connectivity index (χ4n) is 1.08. The number of carbonyl (C=O) groups excluding carboxylic acids is 2. The van der Waals surface area contributed by atoms with Crippen LogP contribution in [0.2, 0.25) is 0 Å². The Hall–Kier alpha value is -1.89. The topological polar surface area (TPSA) is 95.9 Å². The van der Waals surface area contributed by atoms with Crippen LogP contribution in [-0.2, 0) is 14.3 Å². The van der Waals surface area contributed by atoms with Crippen LogP contribution < -0.4 is 5.32 Å². The molecule has 0 bridgehead atoms. The Balaban J connectivity index is 4.15. The van der Waals surface area contributed by atoms with Crippen molar-refractivity contribution in [1.29, 1.82) is 0 Å². The molecule has 0 aromatic carbocycles. The van der Waals surface area contributed by atoms with Gasteiger partial charge in [-0.2, -0.15) is 0 Å². The number of carboxylic acid groups (broad SMARTS) is 1. The lowest BCUT2D eigenvalue weighted by molar-refractivity contribution is -0.138. The molecule has 17 heavy (non-hydrogen) atoms. The first-order valence-corrected chi connectivity index (χ1v) is 5.01. The molecule has 2 N–H and O–H groups in total. The zero-order chi connectivity index (χ0) is 13.3. The Kier molecular flexibility index (Phi) is 7.36. The van der Waals surface area contributed by atoms with E-state index < -0.39 is 18.0 Å². The van der Waals surface area contributed by atoms with Gasteiger partial charge in [-0.15, -0.1) is 6.58 Å². The van der Waals surface area contributed by atoms with E-state index in [0.29, 0.717) is 0 Å². The average Bonchev–Trinajstić information content (AvgIpc) is 2.16. The Bertz CT molecular complexity index is 303. The molecule has 0 rings (SSSR count). The Morgan fingerprint density at radius 3 is 2.53 bits per heavy atom. The lowest BCUT2D eigenvalue weighted by Crippen LogP contribution is -2.42. The van der Waals surface area contributed by atoms with Crippen LogP contribution in [0.5, 0.6) is 0 Å². The largest absolute Gasteiger partial charge is 0.480 e. The molecule has 0 atom stereocenters. The Morgan fingerprint density at radius 1 is 1.41 bits per heavy atom. The zero-order valence-corrected chi connectivity index (χ0v) is 9.64. The highest BCUT2D eigenvalue weighted by Crippen LogP contribution is 1.89. The van der Waals surface area contributed by atoms with E-state index in [0.717, 1.165) is 0 Å². The lowest BCUT2D eigenvalue weighted by Gasteiger charge is -2.16. The van der Waals surface area contributed by atoms with Gasteiger partial charge in [0.2, 0.25) is 5.91 Å². The second-order valence-electron chi connectivity index (χ2n) is 3.12. The van der Waals surface area contributed by atoms with E-state index in [1.807, 2.05) is 5.32 Å². The smallest absolute Gasteiger partial charge is 0.413 e. The summed E-state index contributed by atoms with van der Waals surface area (Å²) in [5, 5.41) is 10.6. The molecule has 7 heteroatoms. The minimum absolute atomic E-state index is 0.157. The van der Waals surface area contributed by atoms with Gasteiger partial charge in [0.25, 0.3) is 0 Å². The maximum absolute atomic E-state index is 11.3. The number of nitrogens with zero attached hydrogens (tertiary/aromatic N) is 1. The molecule has 0 aromatic rings. The van der Waals surface area contributed by atoms with E-state index in [-0.39, 0.29) is 26.2 Å². The predicted molar refractivity (Wildman–Crippen MR) is 59.4 cm³/mol. The molecule has 2 amide bonds. The van der Waals surface area contributed by atoms with Crippen LogP contribution in [0.3, 0.4) is 0 Å². The molecule has 0 aliphatic carbocycles. The molecule has 0 aliphatic heterocycles. The summed E-state index contributed by atoms with van der Waals surface area (Å²) in [5.41, 5.74) is 0. The summed E-state index contributed by atoms with van der Waals surface area (Å²) in [6.07, 6.45) is 0.631. The van der Waals surface area contributed by atoms with Gasteiger partial charge in [-0.3, -0.25) is 19.8 Å². The summed E-state index contributed by atoms with van der Waals surface area (Å²) in [6.45, 7) is 4.94. The third-order valence-electron chi connectivity index (χ3n) is 1.63. The van der Waals surface area contributed by atoms with Crippen LogP contribution in [0.15, 0.2) is 12.7 Å². The summed E-state index contributed by atoms with van der Waals surface area (Å²) < 4.78 is 4.51. The fourth-order valence-corrected chi connectivity index (χ4v) is 1.08. The van der Waals surface area contributed by atoms with Crippen molar-refractivity contribution in [3.8, 4) is 0 Å². The molecule has 0 spiro atoms. The first-order valence-electron chi connectivity index (χ1n) is 5.01. The van der Waals surface area contributed by atoms with Gasteiger partial charge in [0.1, 0.15) is 0 Å². The van der Waals surface area contributed by atoms with Crippen molar-refractivity contribution >= 4 is 18.0 Å². The fraction of sp³-hybridized carbons (Fsp3) is 0.500. The molecule has 0 unspecified atom stereocenters. The van der Waals surface area contributed by atoms with Crippen molar-refractivity contribution in [3.05, 3.63) is 12.7 Å². The van der Waals surface area contributed by atoms with Gasteiger partial charge >= 0.3 is 12.1 Å². The van der Waals surface area contributed by atoms with Gasteiger partial charge < -0.3 is 9.84 Å². The number of hydrogen-bond acceptors (Lipinski definition) is 5. The second-order valence-corrected chi connectivity index (χ2v) is 3.12. The number of aliphatic carboxylic acids is 1. The minimum Gasteiger partial charge on any atom is -0.480 e. The van der Waals surface area contributed by atoms with Crippen LogP contribution in [0.1, 0.15) is 6.92 Å². The normalized spacial score (nSPS) is 9.76. The summed E-state index contributed by atoms with van der Waals surface area (Å²) in [7, 11) is 0. The van der Waals surface area contributed by atoms with E-state index in [1.54, 1.807) is 6.92 Å². The molecule has 0 saturated heterocycles. The number of nitrogens with one attached hydrogen (secondary N) is 1. The standard InChI is InChI=1S/C10H16N2O5/c1-3-5-12(7-9(14)15)6-8(13)11-10(16)17-4-2/h3H,1,4-7H2,2H3,(H,14,15)(H,11,13,16). The molecule has 0 fully saturated rings. The SMILES string of the molecule is C=CCN(CC(=O)O)CC(=O)NC(=O)OCC. The average molecular weight is 244 g/mol. The van der Waals surface area contributed by atoms with E-state index in [4.69, 9.17) is 5.11 Å². The molecule has 0 aliphatic rings. The first-order chi connectivity index (χ1) is 7.99. The summed E-state index contributed by atoms with van der Waals surface area (Å²) in [5.74, 6) is -1.68. The van der Waals surface area contributed by atoms with Crippen molar-refractivity contribution in [2.45, 2.75) is 6.92 Å². The summed E-state index contributed by atoms with van der Waals surface area (Å²) in [6, 6.07) is 0. The van der Waals surface area contributed by atoms with Gasteiger partial charge in [-0.05, 0) is 6.92 Å². The summed E-state index contributed by atoms with van der Waals surface area (Å²) >= 11 is 0. The van der Waals surface area contributed by atoms with Crippen molar-refractivity contribution in [2.24, 2.45) is 0 Å². The Morgan fingerprint density at radius 2 is 2.06 bits per heavy atom. The number of amides is 2. The van der Waals surface area contributed by atoms with Gasteiger partial charge in [-0.1, -0.05) is 6.08 Å². The van der Waals surface area contributed by atoms with Crippen molar-refractivity contribution in [1.82, 2.24) is 10.2 Å². The number of alkyl carbamates (subject to hydrolysis) is 1. The maximum Gasteiger partial charge on any atom is 0.413 e. The van der Waals surface area contributed by atoms with Crippen LogP contribution in [0.4, 0.5) is 4.79 Å². The maximum atomic E-state index is 11.3. The van der Waals surface area contributed by atoms with Crippen LogP contribution >= 0.6 is 0 Å². The van der Waals surface area contributed by atoms with E-state index in [1.165, 1.54) is 11.0 Å². The second kappa shape index (κ2) is 8.28. The van der Waals surface area contributed by atoms with Crippen LogP contribution in [0, 0.1) is 0 Å². The van der Waals surface area contributed by atoms with E-state index in [2.05, 4.69) is 11.3 Å². The molecule has 0 radical (unpaired) electrons. The quantitative estimate of drug-likeness (QED) is 0.604. The zero-order valence-electron chi connectivity index (χ0n) is 9.64. The number of imide groups is 1. The van der Waals surface area contributed by atoms with Gasteiger partial charge in [0.15, 0.2) is 0 Å². The predicted octanol–water partition coefficient (Wildman–Crippen LogP) is -0.168. The van der Waals surface area contributed by atoms with Gasteiger partial charge in [0.05, 0.1) is 19.7 Å². The van der Waals surface area contributed by atoms with E-state index in [9.17, 15) is 14.4 Å². The number of carbonyl (C=O) groups is 3. The molecule has 0 saturated carbocycles. The van der Waals surface area contributed by atoms with Gasteiger partial charge in [-0.25, -0.2) is 4.79 Å². The lowest BCUT2D eigenvalue weighted by atomic mass is 10.4. The third-order valence-corrected chi connectivity index (χ3v) is 1.63. The third kappa shape index (κ3) is 7.97. The first kappa shape index (κ1) is 15.1. The molecular weight excluding hydrogens is 228 g/mol. The van der Waals surface area contributed by atoms with Crippen molar-refractivity contribution in [3.63, 3.8) is 0 Å². The highest BCUT2D eigenvalue weighted by atomic mass is 16.5. The molecule has 0 heterocycles. The van der Waals surface area contributed by atoms with Crippen molar-refractivity contribution in [2.75, 3.05) is 26.2 Å². The highest BCUT2D eigenvalue weighted by molar-refractivity contribution is 5.93. The number of rotatable bonds is 7. The number of carboxylic acids is 1. The molecule has 0 aromatic heterocycles. The van der Waals surface area contributed by atoms with E-state index >= 15 is 0 Å². The number of hydrogen-bond donors (Lipinski definition) is 2. The number of ether oxygens (including phenoxy) is 1. The minimum atomic E-state index is -1.06. The van der Waals surface area contributed by atoms with Crippen LogP contribution in [-0.4, -0.2) is 54.2 Å². The Labute approximate surface area is 99.0 Å². The monoisotopic (exact) mass is 244 g/mol.